The lowest BCUT2D eigenvalue weighted by Gasteiger charge is -2.45. The summed E-state index contributed by atoms with van der Waals surface area (Å²) in [6.45, 7) is 5.09. The number of aliphatic hydroxyl groups excluding tert-OH is 2. The van der Waals surface area contributed by atoms with Gasteiger partial charge in [-0.1, -0.05) is 128 Å². The Hall–Kier alpha value is -1.21. The zero-order valence-corrected chi connectivity index (χ0v) is 31.7. The Labute approximate surface area is 299 Å². The summed E-state index contributed by atoms with van der Waals surface area (Å²) in [5, 5.41) is 31.7. The lowest BCUT2D eigenvalue weighted by atomic mass is 9.63. The van der Waals surface area contributed by atoms with Crippen LogP contribution in [0.4, 0.5) is 0 Å². The minimum Gasteiger partial charge on any atom is -0.480 e. The van der Waals surface area contributed by atoms with Crippen molar-refractivity contribution in [3.8, 4) is 0 Å². The van der Waals surface area contributed by atoms with E-state index >= 15 is 0 Å². The number of rotatable bonds is 29. The molecule has 2 aliphatic rings. The molecule has 0 aliphatic heterocycles. The number of hydrogen-bond donors (Lipinski definition) is 3. The van der Waals surface area contributed by atoms with E-state index < -0.39 is 17.6 Å². The number of alkyl halides is 1. The minimum atomic E-state index is -1.20. The zero-order chi connectivity index (χ0) is 35.3. The van der Waals surface area contributed by atoms with E-state index in [0.29, 0.717) is 38.6 Å². The van der Waals surface area contributed by atoms with Crippen LogP contribution in [0.2, 0.25) is 0 Å². The third-order valence-corrected chi connectivity index (χ3v) is 12.5. The fourth-order valence-corrected chi connectivity index (χ4v) is 8.68. The maximum absolute atomic E-state index is 12.6. The molecule has 0 saturated heterocycles. The molecule has 2 rings (SSSR count). The van der Waals surface area contributed by atoms with E-state index in [0.717, 1.165) is 38.4 Å². The summed E-state index contributed by atoms with van der Waals surface area (Å²) in [6.07, 6.45) is 33.1. The van der Waals surface area contributed by atoms with E-state index in [2.05, 4.69) is 26.0 Å². The Morgan fingerprint density at radius 3 is 2.02 bits per heavy atom. The smallest absolute Gasteiger partial charge is 0.324 e. The summed E-state index contributed by atoms with van der Waals surface area (Å²) in [5.74, 6) is -0.917. The van der Waals surface area contributed by atoms with Gasteiger partial charge in [-0.2, -0.15) is 0 Å². The minimum absolute atomic E-state index is 0.0259. The maximum atomic E-state index is 12.6. The average Bonchev–Trinajstić information content (AvgIpc) is 3.31. The number of unbranched alkanes of at least 4 members (excludes halogenated alkanes) is 13. The number of carboxylic acid groups (broad SMARTS) is 1. The van der Waals surface area contributed by atoms with Gasteiger partial charge in [0.05, 0.1) is 12.2 Å². The van der Waals surface area contributed by atoms with Crippen LogP contribution in [0.15, 0.2) is 24.3 Å². The molecule has 7 heteroatoms. The molecule has 0 spiro atoms. The van der Waals surface area contributed by atoms with E-state index in [1.807, 2.05) is 24.1 Å². The van der Waals surface area contributed by atoms with Crippen LogP contribution < -0.4 is 0 Å². The molecule has 0 radical (unpaired) electrons. The predicted octanol–water partition coefficient (Wildman–Crippen LogP) is 10.0. The Kier molecular flexibility index (Phi) is 21.5. The molecule has 6 atom stereocenters. The van der Waals surface area contributed by atoms with Crippen LogP contribution in [0.1, 0.15) is 168 Å². The summed E-state index contributed by atoms with van der Waals surface area (Å²) < 4.78 is 0. The first kappa shape index (κ1) is 43.0. The first-order valence-electron chi connectivity index (χ1n) is 19.9. The number of aliphatic hydroxyl groups is 2. The van der Waals surface area contributed by atoms with Gasteiger partial charge in [0.25, 0.3) is 0 Å². The van der Waals surface area contributed by atoms with Crippen molar-refractivity contribution in [3.05, 3.63) is 24.3 Å². The van der Waals surface area contributed by atoms with Gasteiger partial charge in [0, 0.05) is 17.7 Å². The molecule has 0 aromatic rings. The molecule has 2 fully saturated rings. The van der Waals surface area contributed by atoms with Gasteiger partial charge in [-0.25, -0.2) is 0 Å². The monoisotopic (exact) mass is 694 g/mol. The molecular weight excluding hydrogens is 622 g/mol. The number of allylic oxidation sites excluding steroid dienone is 2. The second-order valence-corrected chi connectivity index (χ2v) is 15.8. The second kappa shape index (κ2) is 24.1. The van der Waals surface area contributed by atoms with Crippen LogP contribution in [0.3, 0.4) is 0 Å². The third kappa shape index (κ3) is 13.8. The molecular formula is C41H72ClNO5. The highest BCUT2D eigenvalue weighted by molar-refractivity contribution is 6.21. The molecule has 0 aromatic heterocycles. The molecule has 1 unspecified atom stereocenters. The van der Waals surface area contributed by atoms with Crippen molar-refractivity contribution in [2.45, 2.75) is 191 Å². The van der Waals surface area contributed by atoms with Gasteiger partial charge in [-0.15, -0.1) is 11.6 Å². The fraction of sp³-hybridized carbons (Fsp3) is 0.854. The number of aldehydes is 1. The SMILES string of the molecule is CCCCCCCCCCCCCCCCN(C)C(CC=O)(CC/C=C\C[C@@H]1[C@@H](/C=C/C[C@H](O)C2(CC)CCC2)[C@H](O)C[C@H]1Cl)C(=O)O. The quantitative estimate of drug-likeness (QED) is 0.0312. The summed E-state index contributed by atoms with van der Waals surface area (Å²) in [5.41, 5.74) is -1.14. The van der Waals surface area contributed by atoms with Crippen molar-refractivity contribution >= 4 is 23.9 Å². The number of aliphatic carboxylic acids is 1. The second-order valence-electron chi connectivity index (χ2n) is 15.3. The topological polar surface area (TPSA) is 98.1 Å². The Bertz CT molecular complexity index is 930. The molecule has 0 amide bonds. The third-order valence-electron chi connectivity index (χ3n) is 12.0. The van der Waals surface area contributed by atoms with Gasteiger partial charge in [0.15, 0.2) is 0 Å². The highest BCUT2D eigenvalue weighted by atomic mass is 35.5. The maximum Gasteiger partial charge on any atom is 0.324 e. The lowest BCUT2D eigenvalue weighted by molar-refractivity contribution is -0.153. The number of halogens is 1. The first-order chi connectivity index (χ1) is 23.2. The number of nitrogens with zero attached hydrogens (tertiary/aromatic N) is 1. The fourth-order valence-electron chi connectivity index (χ4n) is 8.23. The summed E-state index contributed by atoms with van der Waals surface area (Å²) in [6, 6.07) is 0. The predicted molar refractivity (Wildman–Crippen MR) is 201 cm³/mol. The van der Waals surface area contributed by atoms with Gasteiger partial charge in [0.1, 0.15) is 11.8 Å². The van der Waals surface area contributed by atoms with Crippen molar-refractivity contribution < 1.29 is 24.9 Å². The van der Waals surface area contributed by atoms with Gasteiger partial charge >= 0.3 is 5.97 Å². The van der Waals surface area contributed by atoms with Gasteiger partial charge < -0.3 is 20.1 Å². The van der Waals surface area contributed by atoms with Crippen LogP contribution >= 0.6 is 11.6 Å². The van der Waals surface area contributed by atoms with E-state index in [-0.39, 0.29) is 35.2 Å². The number of likely N-dealkylation sites (N-methyl/N-ethyl adjacent to an activating group) is 1. The molecule has 278 valence electrons. The molecule has 3 N–H and O–H groups in total. The van der Waals surface area contributed by atoms with E-state index in [1.165, 1.54) is 83.5 Å². The van der Waals surface area contributed by atoms with Crippen molar-refractivity contribution in [3.63, 3.8) is 0 Å². The number of carbonyl (C=O) groups is 2. The van der Waals surface area contributed by atoms with E-state index in [9.17, 15) is 24.9 Å². The van der Waals surface area contributed by atoms with Crippen molar-refractivity contribution in [2.24, 2.45) is 17.3 Å². The van der Waals surface area contributed by atoms with Crippen LogP contribution in [0, 0.1) is 17.3 Å². The van der Waals surface area contributed by atoms with Gasteiger partial charge in [-0.3, -0.25) is 9.69 Å². The molecule has 0 heterocycles. The van der Waals surface area contributed by atoms with E-state index in [1.54, 1.807) is 0 Å². The summed E-state index contributed by atoms with van der Waals surface area (Å²) >= 11 is 6.68. The van der Waals surface area contributed by atoms with Crippen molar-refractivity contribution in [2.75, 3.05) is 13.6 Å². The highest BCUT2D eigenvalue weighted by Gasteiger charge is 2.43. The number of carboxylic acids is 1. The van der Waals surface area contributed by atoms with E-state index in [4.69, 9.17) is 11.6 Å². The normalized spacial score (nSPS) is 24.3. The van der Waals surface area contributed by atoms with Gasteiger partial charge in [0.2, 0.25) is 0 Å². The molecule has 2 saturated carbocycles. The lowest BCUT2D eigenvalue weighted by Crippen LogP contribution is -2.53. The summed E-state index contributed by atoms with van der Waals surface area (Å²) in [7, 11) is 1.85. The van der Waals surface area contributed by atoms with Crippen molar-refractivity contribution in [1.82, 2.24) is 4.90 Å². The number of hydrogen-bond acceptors (Lipinski definition) is 5. The molecule has 2 aliphatic carbocycles. The Morgan fingerprint density at radius 1 is 0.938 bits per heavy atom. The van der Waals surface area contributed by atoms with Crippen LogP contribution in [0.25, 0.3) is 0 Å². The average molecular weight is 694 g/mol. The number of carbonyl (C=O) groups excluding carboxylic acids is 1. The summed E-state index contributed by atoms with van der Waals surface area (Å²) in [4.78, 5) is 26.1. The molecule has 48 heavy (non-hydrogen) atoms. The van der Waals surface area contributed by atoms with Crippen LogP contribution in [0.5, 0.6) is 0 Å². The zero-order valence-electron chi connectivity index (χ0n) is 30.9. The highest BCUT2D eigenvalue weighted by Crippen LogP contribution is 2.48. The molecule has 0 bridgehead atoms. The van der Waals surface area contributed by atoms with Crippen LogP contribution in [-0.4, -0.2) is 69.2 Å². The molecule has 0 aromatic carbocycles. The standard InChI is InChI=1S/C41H72ClNO5/c1-4-6-7-8-9-10-11-12-13-14-15-16-17-21-31-43(3)41(30-32-44,39(47)48)29-20-18-19-24-34-35(37(45)33-36(34)42)25-22-26-38(46)40(5-2)27-23-28-40/h18-19,22,25,32,34-38,45-46H,4-17,20-21,23-24,26-31,33H2,1-3H3,(H,47,48)/b19-18-,25-22+/t34-,35-,36-,37-,38+,41?/m1/s1. The van der Waals surface area contributed by atoms with Gasteiger partial charge in [-0.05, 0) is 82.7 Å². The first-order valence-corrected chi connectivity index (χ1v) is 20.3. The Balaban J connectivity index is 1.74. The van der Waals surface area contributed by atoms with Crippen LogP contribution in [-0.2, 0) is 9.59 Å². The Morgan fingerprint density at radius 2 is 1.52 bits per heavy atom. The largest absolute Gasteiger partial charge is 0.480 e. The molecule has 6 nitrogen and oxygen atoms in total. The van der Waals surface area contributed by atoms with Crippen molar-refractivity contribution in [1.29, 1.82) is 0 Å².